The van der Waals surface area contributed by atoms with E-state index in [0.29, 0.717) is 0 Å². The van der Waals surface area contributed by atoms with Crippen LogP contribution in [-0.4, -0.2) is 59.1 Å². The maximum absolute atomic E-state index is 13.6. The van der Waals surface area contributed by atoms with Gasteiger partial charge in [0.15, 0.2) is 0 Å². The van der Waals surface area contributed by atoms with Gasteiger partial charge < -0.3 is 20.1 Å². The van der Waals surface area contributed by atoms with E-state index in [-0.39, 0.29) is 42.9 Å². The van der Waals surface area contributed by atoms with Crippen LogP contribution in [0.5, 0.6) is 0 Å². The van der Waals surface area contributed by atoms with E-state index in [1.54, 1.807) is 11.8 Å². The summed E-state index contributed by atoms with van der Waals surface area (Å²) in [6.07, 6.45) is 5.60. The SMILES string of the molecule is CCCC(C)NC(=O)[C@@H]1[C@H]2C=C[C@@H](C)[C@@H](C(=O)OCC)[C@@H]2C(=O)N1[C@@H](CO)C(C)C. The van der Waals surface area contributed by atoms with Gasteiger partial charge in [-0.3, -0.25) is 14.4 Å². The molecule has 2 N–H and O–H groups in total. The number of aliphatic hydroxyl groups is 1. The molecule has 2 amide bonds. The van der Waals surface area contributed by atoms with E-state index in [1.165, 1.54) is 0 Å². The van der Waals surface area contributed by atoms with Crippen LogP contribution in [0.25, 0.3) is 0 Å². The molecule has 0 spiro atoms. The minimum atomic E-state index is -0.748. The van der Waals surface area contributed by atoms with Crippen molar-refractivity contribution in [2.75, 3.05) is 13.2 Å². The minimum absolute atomic E-state index is 0.0162. The summed E-state index contributed by atoms with van der Waals surface area (Å²) in [6.45, 7) is 11.5. The largest absolute Gasteiger partial charge is 0.466 e. The van der Waals surface area contributed by atoms with Crippen LogP contribution in [0.3, 0.4) is 0 Å². The topological polar surface area (TPSA) is 95.9 Å². The standard InChI is InChI=1S/C23H38N2O5/c1-7-9-15(6)24-21(27)20-16-11-10-14(5)18(23(29)30-8-2)19(16)22(28)25(20)17(12-26)13(3)4/h10-11,13-20,26H,7-9,12H2,1-6H3,(H,24,27)/t14-,15?,16+,17+,18-,19-,20+/m1/s1. The first-order chi connectivity index (χ1) is 14.2. The first-order valence-electron chi connectivity index (χ1n) is 11.3. The van der Waals surface area contributed by atoms with Crippen molar-refractivity contribution in [1.82, 2.24) is 10.2 Å². The molecule has 1 aliphatic carbocycles. The van der Waals surface area contributed by atoms with E-state index in [9.17, 15) is 19.5 Å². The molecule has 30 heavy (non-hydrogen) atoms. The molecule has 0 bridgehead atoms. The maximum Gasteiger partial charge on any atom is 0.310 e. The van der Waals surface area contributed by atoms with Crippen LogP contribution in [0.2, 0.25) is 0 Å². The van der Waals surface area contributed by atoms with Crippen LogP contribution in [0.4, 0.5) is 0 Å². The molecule has 0 aromatic heterocycles. The molecule has 0 saturated carbocycles. The number of esters is 1. The van der Waals surface area contributed by atoms with Gasteiger partial charge in [0.2, 0.25) is 11.8 Å². The first-order valence-corrected chi connectivity index (χ1v) is 11.3. The summed E-state index contributed by atoms with van der Waals surface area (Å²) in [4.78, 5) is 41.2. The van der Waals surface area contributed by atoms with Crippen LogP contribution in [0.15, 0.2) is 12.2 Å². The van der Waals surface area contributed by atoms with E-state index in [0.717, 1.165) is 12.8 Å². The molecule has 170 valence electrons. The molecule has 0 radical (unpaired) electrons. The molecule has 2 aliphatic rings. The summed E-state index contributed by atoms with van der Waals surface area (Å²) in [7, 11) is 0. The second-order valence-corrected chi connectivity index (χ2v) is 9.01. The Morgan fingerprint density at radius 3 is 2.43 bits per heavy atom. The molecule has 7 heteroatoms. The Balaban J connectivity index is 2.48. The Labute approximate surface area is 180 Å². The molecular weight excluding hydrogens is 384 g/mol. The Bertz CT molecular complexity index is 662. The van der Waals surface area contributed by atoms with Gasteiger partial charge in [-0.15, -0.1) is 0 Å². The number of nitrogens with zero attached hydrogens (tertiary/aromatic N) is 1. The maximum atomic E-state index is 13.6. The average Bonchev–Trinajstić information content (AvgIpc) is 2.95. The number of carbonyl (C=O) groups excluding carboxylic acids is 3. The van der Waals surface area contributed by atoms with Gasteiger partial charge in [-0.05, 0) is 32.1 Å². The molecule has 2 rings (SSSR count). The van der Waals surface area contributed by atoms with Crippen LogP contribution in [-0.2, 0) is 19.1 Å². The van der Waals surface area contributed by atoms with Crippen molar-refractivity contribution in [3.8, 4) is 0 Å². The lowest BCUT2D eigenvalue weighted by Crippen LogP contribution is -2.55. The predicted octanol–water partition coefficient (Wildman–Crippen LogP) is 2.14. The summed E-state index contributed by atoms with van der Waals surface area (Å²) in [6, 6.07) is -1.26. The highest BCUT2D eigenvalue weighted by atomic mass is 16.5. The zero-order chi connectivity index (χ0) is 22.6. The number of nitrogens with one attached hydrogen (secondary N) is 1. The number of hydrogen-bond donors (Lipinski definition) is 2. The quantitative estimate of drug-likeness (QED) is 0.438. The molecular formula is C23H38N2O5. The van der Waals surface area contributed by atoms with E-state index >= 15 is 0 Å². The van der Waals surface area contributed by atoms with E-state index in [2.05, 4.69) is 12.2 Å². The second-order valence-electron chi connectivity index (χ2n) is 9.01. The lowest BCUT2D eigenvalue weighted by molar-refractivity contribution is -0.156. The number of carbonyl (C=O) groups is 3. The van der Waals surface area contributed by atoms with Crippen LogP contribution in [0, 0.1) is 29.6 Å². The van der Waals surface area contributed by atoms with Gasteiger partial charge in [0.25, 0.3) is 0 Å². The van der Waals surface area contributed by atoms with Gasteiger partial charge >= 0.3 is 5.97 Å². The zero-order valence-corrected chi connectivity index (χ0v) is 19.1. The number of amides is 2. The minimum Gasteiger partial charge on any atom is -0.466 e. The summed E-state index contributed by atoms with van der Waals surface area (Å²) in [5.74, 6) is -2.79. The predicted molar refractivity (Wildman–Crippen MR) is 114 cm³/mol. The van der Waals surface area contributed by atoms with Crippen molar-refractivity contribution in [2.45, 2.75) is 72.5 Å². The van der Waals surface area contributed by atoms with Crippen LogP contribution >= 0.6 is 0 Å². The van der Waals surface area contributed by atoms with E-state index < -0.39 is 35.8 Å². The fraction of sp³-hybridized carbons (Fsp3) is 0.783. The van der Waals surface area contributed by atoms with Gasteiger partial charge in [0, 0.05) is 12.0 Å². The molecule has 1 aliphatic heterocycles. The lowest BCUT2D eigenvalue weighted by atomic mass is 9.70. The third kappa shape index (κ3) is 4.71. The number of aliphatic hydroxyl groups excluding tert-OH is 1. The summed E-state index contributed by atoms with van der Waals surface area (Å²) in [5, 5.41) is 13.1. The monoisotopic (exact) mass is 422 g/mol. The first kappa shape index (κ1) is 24.4. The Morgan fingerprint density at radius 2 is 1.90 bits per heavy atom. The Kier molecular flexibility index (Phi) is 8.47. The Hall–Kier alpha value is -1.89. The molecule has 0 aromatic carbocycles. The van der Waals surface area contributed by atoms with Crippen LogP contribution < -0.4 is 5.32 Å². The number of fused-ring (bicyclic) bond motifs is 1. The third-order valence-corrected chi connectivity index (χ3v) is 6.46. The number of allylic oxidation sites excluding steroid dienone is 1. The molecule has 1 unspecified atom stereocenters. The van der Waals surface area contributed by atoms with Gasteiger partial charge in [-0.2, -0.15) is 0 Å². The van der Waals surface area contributed by atoms with Gasteiger partial charge in [-0.1, -0.05) is 46.3 Å². The van der Waals surface area contributed by atoms with Crippen LogP contribution in [0.1, 0.15) is 54.4 Å². The van der Waals surface area contributed by atoms with Gasteiger partial charge in [-0.25, -0.2) is 0 Å². The normalized spacial score (nSPS) is 30.2. The number of rotatable bonds is 9. The molecule has 7 nitrogen and oxygen atoms in total. The fourth-order valence-electron chi connectivity index (χ4n) is 4.95. The number of ether oxygens (including phenoxy) is 1. The molecule has 1 saturated heterocycles. The third-order valence-electron chi connectivity index (χ3n) is 6.46. The number of likely N-dealkylation sites (tertiary alicyclic amines) is 1. The van der Waals surface area contributed by atoms with Crippen molar-refractivity contribution in [1.29, 1.82) is 0 Å². The van der Waals surface area contributed by atoms with Crippen molar-refractivity contribution >= 4 is 17.8 Å². The van der Waals surface area contributed by atoms with Crippen molar-refractivity contribution in [3.05, 3.63) is 12.2 Å². The second kappa shape index (κ2) is 10.4. The smallest absolute Gasteiger partial charge is 0.310 e. The van der Waals surface area contributed by atoms with Gasteiger partial charge in [0.05, 0.1) is 31.1 Å². The molecule has 0 aromatic rings. The lowest BCUT2D eigenvalue weighted by Gasteiger charge is -2.35. The average molecular weight is 423 g/mol. The summed E-state index contributed by atoms with van der Waals surface area (Å²) in [5.41, 5.74) is 0. The van der Waals surface area contributed by atoms with Crippen molar-refractivity contribution < 1.29 is 24.2 Å². The molecule has 1 fully saturated rings. The van der Waals surface area contributed by atoms with E-state index in [4.69, 9.17) is 4.74 Å². The van der Waals surface area contributed by atoms with Crippen molar-refractivity contribution in [3.63, 3.8) is 0 Å². The van der Waals surface area contributed by atoms with E-state index in [1.807, 2.05) is 39.8 Å². The summed E-state index contributed by atoms with van der Waals surface area (Å²) < 4.78 is 5.28. The fourth-order valence-corrected chi connectivity index (χ4v) is 4.95. The Morgan fingerprint density at radius 1 is 1.23 bits per heavy atom. The zero-order valence-electron chi connectivity index (χ0n) is 19.1. The highest BCUT2D eigenvalue weighted by Crippen LogP contribution is 2.45. The van der Waals surface area contributed by atoms with Gasteiger partial charge in [0.1, 0.15) is 6.04 Å². The highest BCUT2D eigenvalue weighted by Gasteiger charge is 2.58. The van der Waals surface area contributed by atoms with Crippen molar-refractivity contribution in [2.24, 2.45) is 29.6 Å². The highest BCUT2D eigenvalue weighted by molar-refractivity contribution is 5.96. The molecule has 7 atom stereocenters. The summed E-state index contributed by atoms with van der Waals surface area (Å²) >= 11 is 0. The number of hydrogen-bond acceptors (Lipinski definition) is 5. The molecule has 1 heterocycles.